The van der Waals surface area contributed by atoms with E-state index in [1.165, 1.54) is 4.90 Å². The van der Waals surface area contributed by atoms with Crippen LogP contribution in [0.4, 0.5) is 4.79 Å². The van der Waals surface area contributed by atoms with Crippen molar-refractivity contribution in [1.29, 1.82) is 0 Å². The summed E-state index contributed by atoms with van der Waals surface area (Å²) >= 11 is 0. The van der Waals surface area contributed by atoms with Crippen LogP contribution in [0.3, 0.4) is 0 Å². The lowest BCUT2D eigenvalue weighted by atomic mass is 9.89. The Morgan fingerprint density at radius 2 is 2.00 bits per heavy atom. The number of hydrogen-bond acceptors (Lipinski definition) is 4. The van der Waals surface area contributed by atoms with Crippen LogP contribution >= 0.6 is 0 Å². The molecule has 17 heavy (non-hydrogen) atoms. The molecule has 0 atom stereocenters. The Kier molecular flexibility index (Phi) is 2.87. The molecule has 6 heteroatoms. The second-order valence-electron chi connectivity index (χ2n) is 5.28. The van der Waals surface area contributed by atoms with E-state index >= 15 is 0 Å². The predicted octanol–water partition coefficient (Wildman–Crippen LogP) is -0.175. The van der Waals surface area contributed by atoms with Crippen molar-refractivity contribution in [3.63, 3.8) is 0 Å². The zero-order valence-electron chi connectivity index (χ0n) is 10.3. The van der Waals surface area contributed by atoms with Crippen LogP contribution in [0.25, 0.3) is 0 Å². The third-order valence-electron chi connectivity index (χ3n) is 3.61. The summed E-state index contributed by atoms with van der Waals surface area (Å²) in [4.78, 5) is 25.7. The number of amides is 3. The van der Waals surface area contributed by atoms with Crippen molar-refractivity contribution in [2.75, 3.05) is 19.8 Å². The maximum atomic E-state index is 12.4. The Bertz CT molecular complexity index is 348. The molecule has 0 aromatic carbocycles. The van der Waals surface area contributed by atoms with Crippen LogP contribution in [0.15, 0.2) is 0 Å². The van der Waals surface area contributed by atoms with Gasteiger partial charge in [0.1, 0.15) is 5.54 Å². The minimum Gasteiger partial charge on any atom is -0.381 e. The zero-order chi connectivity index (χ0) is 12.7. The standard InChI is InChI=1S/C11H19N3O3/c1-10(2,7-12)14-8(15)11(13-9(14)16)3-5-17-6-4-11/h3-7,12H2,1-2H3,(H,13,16). The first-order valence-corrected chi connectivity index (χ1v) is 5.88. The van der Waals surface area contributed by atoms with Crippen molar-refractivity contribution >= 4 is 11.9 Å². The van der Waals surface area contributed by atoms with Crippen molar-refractivity contribution in [2.45, 2.75) is 37.8 Å². The molecule has 2 saturated heterocycles. The van der Waals surface area contributed by atoms with Crippen LogP contribution in [0.5, 0.6) is 0 Å². The van der Waals surface area contributed by atoms with Gasteiger partial charge in [0.15, 0.2) is 0 Å². The van der Waals surface area contributed by atoms with Gasteiger partial charge >= 0.3 is 6.03 Å². The number of nitrogens with one attached hydrogen (secondary N) is 1. The van der Waals surface area contributed by atoms with E-state index in [2.05, 4.69) is 5.32 Å². The highest BCUT2D eigenvalue weighted by Gasteiger charge is 2.55. The van der Waals surface area contributed by atoms with E-state index in [-0.39, 0.29) is 18.5 Å². The molecule has 2 rings (SSSR count). The quantitative estimate of drug-likeness (QED) is 0.657. The molecule has 2 heterocycles. The molecule has 0 saturated carbocycles. The van der Waals surface area contributed by atoms with Crippen molar-refractivity contribution < 1.29 is 14.3 Å². The van der Waals surface area contributed by atoms with Crippen LogP contribution in [-0.4, -0.2) is 47.7 Å². The Labute approximate surface area is 100 Å². The molecule has 0 aromatic rings. The van der Waals surface area contributed by atoms with Crippen LogP contribution in [0.2, 0.25) is 0 Å². The molecule has 6 nitrogen and oxygen atoms in total. The van der Waals surface area contributed by atoms with Gasteiger partial charge in [-0.3, -0.25) is 9.69 Å². The highest BCUT2D eigenvalue weighted by Crippen LogP contribution is 2.32. The summed E-state index contributed by atoms with van der Waals surface area (Å²) in [5, 5.41) is 2.81. The summed E-state index contributed by atoms with van der Waals surface area (Å²) in [5.74, 6) is -0.166. The average Bonchev–Trinajstić information content (AvgIpc) is 2.52. The van der Waals surface area contributed by atoms with Crippen molar-refractivity contribution in [3.8, 4) is 0 Å². The Hall–Kier alpha value is -1.14. The van der Waals surface area contributed by atoms with Gasteiger partial charge in [0.05, 0.1) is 5.54 Å². The molecule has 0 bridgehead atoms. The van der Waals surface area contributed by atoms with Crippen molar-refractivity contribution in [3.05, 3.63) is 0 Å². The first-order valence-electron chi connectivity index (χ1n) is 5.88. The van der Waals surface area contributed by atoms with Crippen LogP contribution in [0.1, 0.15) is 26.7 Å². The fraction of sp³-hybridized carbons (Fsp3) is 0.818. The number of carbonyl (C=O) groups excluding carboxylic acids is 2. The van der Waals surface area contributed by atoms with E-state index in [0.29, 0.717) is 26.1 Å². The van der Waals surface area contributed by atoms with Gasteiger partial charge in [-0.15, -0.1) is 0 Å². The monoisotopic (exact) mass is 241 g/mol. The average molecular weight is 241 g/mol. The molecular formula is C11H19N3O3. The molecule has 0 unspecified atom stereocenters. The summed E-state index contributed by atoms with van der Waals surface area (Å²) in [7, 11) is 0. The summed E-state index contributed by atoms with van der Waals surface area (Å²) in [6, 6.07) is -0.340. The summed E-state index contributed by atoms with van der Waals surface area (Å²) in [6.07, 6.45) is 1.07. The normalized spacial score (nSPS) is 24.3. The molecule has 0 aromatic heterocycles. The van der Waals surface area contributed by atoms with Gasteiger partial charge in [-0.2, -0.15) is 0 Å². The number of carbonyl (C=O) groups is 2. The first-order chi connectivity index (χ1) is 7.93. The maximum Gasteiger partial charge on any atom is 0.325 e. The topological polar surface area (TPSA) is 84.7 Å². The molecule has 3 amide bonds. The van der Waals surface area contributed by atoms with Gasteiger partial charge in [0.25, 0.3) is 5.91 Å². The summed E-state index contributed by atoms with van der Waals surface area (Å²) in [5.41, 5.74) is 4.22. The maximum absolute atomic E-state index is 12.4. The van der Waals surface area contributed by atoms with E-state index in [4.69, 9.17) is 10.5 Å². The van der Waals surface area contributed by atoms with Gasteiger partial charge in [-0.05, 0) is 13.8 Å². The van der Waals surface area contributed by atoms with E-state index in [1.54, 1.807) is 13.8 Å². The Morgan fingerprint density at radius 3 is 2.53 bits per heavy atom. The molecule has 96 valence electrons. The second kappa shape index (κ2) is 3.96. The number of imide groups is 1. The predicted molar refractivity (Wildman–Crippen MR) is 61.3 cm³/mol. The molecule has 2 aliphatic heterocycles. The largest absolute Gasteiger partial charge is 0.381 e. The molecule has 3 N–H and O–H groups in total. The number of rotatable bonds is 2. The van der Waals surface area contributed by atoms with E-state index in [9.17, 15) is 9.59 Å². The fourth-order valence-electron chi connectivity index (χ4n) is 2.32. The van der Waals surface area contributed by atoms with Gasteiger partial charge in [-0.1, -0.05) is 0 Å². The van der Waals surface area contributed by atoms with Crippen LogP contribution in [0, 0.1) is 0 Å². The van der Waals surface area contributed by atoms with E-state index in [0.717, 1.165) is 0 Å². The highest BCUT2D eigenvalue weighted by molar-refractivity contribution is 6.07. The van der Waals surface area contributed by atoms with Crippen molar-refractivity contribution in [1.82, 2.24) is 10.2 Å². The van der Waals surface area contributed by atoms with Crippen LogP contribution in [-0.2, 0) is 9.53 Å². The minimum absolute atomic E-state index is 0.166. The molecular weight excluding hydrogens is 222 g/mol. The summed E-state index contributed by atoms with van der Waals surface area (Å²) < 4.78 is 5.24. The van der Waals surface area contributed by atoms with Crippen LogP contribution < -0.4 is 11.1 Å². The third-order valence-corrected chi connectivity index (χ3v) is 3.61. The smallest absolute Gasteiger partial charge is 0.325 e. The number of ether oxygens (including phenoxy) is 1. The molecule has 2 fully saturated rings. The molecule has 0 radical (unpaired) electrons. The van der Waals surface area contributed by atoms with Gasteiger partial charge < -0.3 is 15.8 Å². The number of nitrogens with two attached hydrogens (primary N) is 1. The SMILES string of the molecule is CC(C)(CN)N1C(=O)NC2(CCOCC2)C1=O. The fourth-order valence-corrected chi connectivity index (χ4v) is 2.32. The summed E-state index contributed by atoms with van der Waals surface area (Å²) in [6.45, 7) is 4.84. The third kappa shape index (κ3) is 1.81. The second-order valence-corrected chi connectivity index (χ2v) is 5.28. The van der Waals surface area contributed by atoms with E-state index < -0.39 is 11.1 Å². The number of hydrogen-bond donors (Lipinski definition) is 2. The minimum atomic E-state index is -0.762. The zero-order valence-corrected chi connectivity index (χ0v) is 10.3. The van der Waals surface area contributed by atoms with Gasteiger partial charge in [0, 0.05) is 32.6 Å². The molecule has 2 aliphatic rings. The Balaban J connectivity index is 2.27. The number of urea groups is 1. The van der Waals surface area contributed by atoms with E-state index in [1.807, 2.05) is 0 Å². The van der Waals surface area contributed by atoms with Gasteiger partial charge in [-0.25, -0.2) is 4.79 Å². The number of nitrogens with zero attached hydrogens (tertiary/aromatic N) is 1. The first kappa shape index (κ1) is 12.3. The van der Waals surface area contributed by atoms with Gasteiger partial charge in [0.2, 0.25) is 0 Å². The lowest BCUT2D eigenvalue weighted by molar-refractivity contribution is -0.137. The molecule has 1 spiro atoms. The highest BCUT2D eigenvalue weighted by atomic mass is 16.5. The van der Waals surface area contributed by atoms with Crippen molar-refractivity contribution in [2.24, 2.45) is 5.73 Å². The lowest BCUT2D eigenvalue weighted by Gasteiger charge is -2.34. The lowest BCUT2D eigenvalue weighted by Crippen LogP contribution is -2.55. The Morgan fingerprint density at radius 1 is 1.41 bits per heavy atom. The molecule has 0 aliphatic carbocycles.